The molecular weight excluding hydrogens is 406 g/mol. The fourth-order valence-corrected chi connectivity index (χ4v) is 3.50. The van der Waals surface area contributed by atoms with Gasteiger partial charge in [-0.25, -0.2) is 9.97 Å². The van der Waals surface area contributed by atoms with Crippen molar-refractivity contribution in [1.82, 2.24) is 14.4 Å². The molecule has 3 N–H and O–H groups in total. The van der Waals surface area contributed by atoms with Crippen molar-refractivity contribution in [2.45, 2.75) is 0 Å². The average molecular weight is 423 g/mol. The fourth-order valence-electron chi connectivity index (χ4n) is 3.50. The van der Waals surface area contributed by atoms with Crippen molar-refractivity contribution in [3.8, 4) is 22.6 Å². The summed E-state index contributed by atoms with van der Waals surface area (Å²) in [6.45, 7) is 0. The van der Waals surface area contributed by atoms with Gasteiger partial charge in [0.15, 0.2) is 0 Å². The largest absolute Gasteiger partial charge is 0.445 e. The third-order valence-electron chi connectivity index (χ3n) is 5.02. The third-order valence-corrected chi connectivity index (χ3v) is 5.02. The predicted octanol–water partition coefficient (Wildman–Crippen LogP) is 4.06. The van der Waals surface area contributed by atoms with Crippen LogP contribution in [-0.4, -0.2) is 26.1 Å². The van der Waals surface area contributed by atoms with E-state index in [4.69, 9.17) is 10.2 Å². The average Bonchev–Trinajstić information content (AvgIpc) is 3.48. The maximum atomic E-state index is 13.2. The minimum atomic E-state index is -0.748. The minimum Gasteiger partial charge on any atom is -0.445 e. The van der Waals surface area contributed by atoms with E-state index in [1.165, 1.54) is 6.26 Å². The Kier molecular flexibility index (Phi) is 4.72. The van der Waals surface area contributed by atoms with Crippen LogP contribution < -0.4 is 11.1 Å². The Morgan fingerprint density at radius 1 is 0.969 bits per heavy atom. The van der Waals surface area contributed by atoms with Crippen molar-refractivity contribution >= 4 is 28.7 Å². The highest BCUT2D eigenvalue weighted by Gasteiger charge is 2.25. The molecule has 0 aliphatic rings. The molecular formula is C24H17N5O3. The van der Waals surface area contributed by atoms with E-state index in [0.29, 0.717) is 28.5 Å². The number of amides is 1. The molecule has 0 radical (unpaired) electrons. The summed E-state index contributed by atoms with van der Waals surface area (Å²) in [6.07, 6.45) is 6.37. The number of hydrogen-bond acceptors (Lipinski definition) is 6. The second-order valence-electron chi connectivity index (χ2n) is 7.07. The highest BCUT2D eigenvalue weighted by Crippen LogP contribution is 2.28. The summed E-state index contributed by atoms with van der Waals surface area (Å²) in [6, 6.07) is 17.7. The Morgan fingerprint density at radius 2 is 1.78 bits per heavy atom. The van der Waals surface area contributed by atoms with E-state index in [1.807, 2.05) is 18.2 Å². The van der Waals surface area contributed by atoms with Gasteiger partial charge < -0.3 is 19.9 Å². The third kappa shape index (κ3) is 3.50. The Balaban J connectivity index is 1.47. The number of nitrogens with zero attached hydrogens (tertiary/aromatic N) is 3. The van der Waals surface area contributed by atoms with Crippen LogP contribution in [0.5, 0.6) is 0 Å². The van der Waals surface area contributed by atoms with E-state index >= 15 is 0 Å². The predicted molar refractivity (Wildman–Crippen MR) is 120 cm³/mol. The summed E-state index contributed by atoms with van der Waals surface area (Å²) in [7, 11) is 0. The number of aromatic nitrogens is 3. The maximum absolute atomic E-state index is 13.2. The molecule has 1 aromatic carbocycles. The Bertz CT molecular complexity index is 1420. The van der Waals surface area contributed by atoms with Crippen molar-refractivity contribution < 1.29 is 14.0 Å². The van der Waals surface area contributed by atoms with Crippen molar-refractivity contribution in [2.24, 2.45) is 0 Å². The lowest BCUT2D eigenvalue weighted by atomic mass is 10.1. The number of pyridine rings is 2. The van der Waals surface area contributed by atoms with Gasteiger partial charge in [0.1, 0.15) is 17.8 Å². The van der Waals surface area contributed by atoms with Crippen LogP contribution in [-0.2, 0) is 4.79 Å². The number of oxazole rings is 1. The van der Waals surface area contributed by atoms with Crippen molar-refractivity contribution in [3.05, 3.63) is 91.2 Å². The van der Waals surface area contributed by atoms with Crippen LogP contribution in [0, 0.1) is 0 Å². The standard InChI is InChI=1S/C24H17N5O3/c25-20-9-6-16(14-27-20)19-13-18-3-1-2-11-29(18)21(19)22(30)23(31)28-17-7-4-15(5-8-17)24-26-10-12-32-24/h1-14H,(H2,25,27)(H,28,31). The van der Waals surface area contributed by atoms with Gasteiger partial charge >= 0.3 is 0 Å². The molecule has 0 unspecified atom stereocenters. The summed E-state index contributed by atoms with van der Waals surface area (Å²) in [5, 5.41) is 2.67. The second kappa shape index (κ2) is 7.84. The zero-order valence-corrected chi connectivity index (χ0v) is 16.7. The zero-order chi connectivity index (χ0) is 22.1. The van der Waals surface area contributed by atoms with E-state index in [-0.39, 0.29) is 5.69 Å². The van der Waals surface area contributed by atoms with E-state index in [0.717, 1.165) is 11.1 Å². The first-order valence-corrected chi connectivity index (χ1v) is 9.78. The first-order valence-electron chi connectivity index (χ1n) is 9.78. The normalized spacial score (nSPS) is 10.9. The summed E-state index contributed by atoms with van der Waals surface area (Å²) in [5.41, 5.74) is 9.26. The highest BCUT2D eigenvalue weighted by molar-refractivity contribution is 6.47. The van der Waals surface area contributed by atoms with Gasteiger partial charge in [0.05, 0.1) is 6.20 Å². The van der Waals surface area contributed by atoms with Gasteiger partial charge in [-0.1, -0.05) is 6.07 Å². The van der Waals surface area contributed by atoms with Crippen LogP contribution in [0.2, 0.25) is 0 Å². The van der Waals surface area contributed by atoms with Gasteiger partial charge in [-0.2, -0.15) is 0 Å². The van der Waals surface area contributed by atoms with Crippen LogP contribution in [0.3, 0.4) is 0 Å². The first-order chi connectivity index (χ1) is 15.6. The Hall–Kier alpha value is -4.72. The SMILES string of the molecule is Nc1ccc(-c2cc3ccccn3c2C(=O)C(=O)Nc2ccc(-c3ncco3)cc2)cn1. The van der Waals surface area contributed by atoms with Crippen molar-refractivity contribution in [1.29, 1.82) is 0 Å². The number of benzene rings is 1. The number of Topliss-reactive ketones (excluding diaryl/α,β-unsaturated/α-hetero) is 1. The zero-order valence-electron chi connectivity index (χ0n) is 16.7. The molecule has 0 aliphatic heterocycles. The van der Waals surface area contributed by atoms with E-state index < -0.39 is 11.7 Å². The molecule has 0 saturated heterocycles. The summed E-state index contributed by atoms with van der Waals surface area (Å²) in [4.78, 5) is 34.3. The monoisotopic (exact) mass is 423 g/mol. The van der Waals surface area contributed by atoms with Gasteiger partial charge in [0.2, 0.25) is 5.89 Å². The summed E-state index contributed by atoms with van der Waals surface area (Å²) >= 11 is 0. The fraction of sp³-hybridized carbons (Fsp3) is 0. The molecule has 0 atom stereocenters. The second-order valence-corrected chi connectivity index (χ2v) is 7.07. The van der Waals surface area contributed by atoms with E-state index in [2.05, 4.69) is 15.3 Å². The van der Waals surface area contributed by atoms with Crippen LogP contribution >= 0.6 is 0 Å². The molecule has 0 saturated carbocycles. The van der Waals surface area contributed by atoms with Gasteiger partial charge in [-0.05, 0) is 54.6 Å². The van der Waals surface area contributed by atoms with Gasteiger partial charge in [-0.3, -0.25) is 9.59 Å². The number of hydrogen-bond donors (Lipinski definition) is 2. The lowest BCUT2D eigenvalue weighted by Crippen LogP contribution is -2.24. The highest BCUT2D eigenvalue weighted by atomic mass is 16.3. The first kappa shape index (κ1) is 19.3. The van der Waals surface area contributed by atoms with Crippen LogP contribution in [0.1, 0.15) is 10.5 Å². The number of carbonyl (C=O) groups excluding carboxylic acids is 2. The van der Waals surface area contributed by atoms with Gasteiger partial charge in [-0.15, -0.1) is 0 Å². The lowest BCUT2D eigenvalue weighted by Gasteiger charge is -2.08. The summed E-state index contributed by atoms with van der Waals surface area (Å²) in [5.74, 6) is -0.570. The smallest absolute Gasteiger partial charge is 0.298 e. The Labute approximate surface area is 182 Å². The molecule has 5 aromatic rings. The minimum absolute atomic E-state index is 0.251. The van der Waals surface area contributed by atoms with Crippen LogP contribution in [0.15, 0.2) is 89.9 Å². The van der Waals surface area contributed by atoms with E-state index in [9.17, 15) is 9.59 Å². The number of nitrogens with two attached hydrogens (primary N) is 1. The molecule has 0 aliphatic carbocycles. The number of carbonyl (C=O) groups is 2. The molecule has 1 amide bonds. The molecule has 4 aromatic heterocycles. The number of ketones is 1. The molecule has 0 fully saturated rings. The molecule has 8 nitrogen and oxygen atoms in total. The molecule has 0 bridgehead atoms. The Morgan fingerprint density at radius 3 is 2.50 bits per heavy atom. The lowest BCUT2D eigenvalue weighted by molar-refractivity contribution is -0.112. The van der Waals surface area contributed by atoms with Crippen LogP contribution in [0.25, 0.3) is 28.1 Å². The number of fused-ring (bicyclic) bond motifs is 1. The maximum Gasteiger partial charge on any atom is 0.298 e. The molecule has 8 heteroatoms. The molecule has 32 heavy (non-hydrogen) atoms. The van der Waals surface area contributed by atoms with Gasteiger partial charge in [0, 0.05) is 40.3 Å². The number of anilines is 2. The summed E-state index contributed by atoms with van der Waals surface area (Å²) < 4.78 is 6.96. The molecule has 5 rings (SSSR count). The van der Waals surface area contributed by atoms with Crippen molar-refractivity contribution in [2.75, 3.05) is 11.1 Å². The molecule has 4 heterocycles. The number of rotatable bonds is 5. The van der Waals surface area contributed by atoms with Crippen LogP contribution in [0.4, 0.5) is 11.5 Å². The van der Waals surface area contributed by atoms with E-state index in [1.54, 1.807) is 65.5 Å². The molecule has 0 spiro atoms. The number of nitrogen functional groups attached to an aromatic ring is 1. The van der Waals surface area contributed by atoms with Gasteiger partial charge in [0.25, 0.3) is 11.7 Å². The quantitative estimate of drug-likeness (QED) is 0.325. The van der Waals surface area contributed by atoms with Crippen molar-refractivity contribution in [3.63, 3.8) is 0 Å². The molecule has 156 valence electrons. The number of nitrogens with one attached hydrogen (secondary N) is 1. The topological polar surface area (TPSA) is 116 Å².